The number of ketones is 1. The Kier molecular flexibility index (Phi) is 7.49. The molecule has 7 heteroatoms. The first kappa shape index (κ1) is 23.9. The lowest BCUT2D eigenvalue weighted by molar-refractivity contribution is -0.133. The van der Waals surface area contributed by atoms with Crippen molar-refractivity contribution >= 4 is 33.3 Å². The van der Waals surface area contributed by atoms with Gasteiger partial charge in [0.15, 0.2) is 5.78 Å². The predicted molar refractivity (Wildman–Crippen MR) is 132 cm³/mol. The van der Waals surface area contributed by atoms with Gasteiger partial charge in [-0.1, -0.05) is 22.9 Å². The number of carbonyl (C=O) groups is 2. The number of hydrogen-bond acceptors (Lipinski definition) is 4. The molecule has 2 aliphatic rings. The second-order valence-corrected chi connectivity index (χ2v) is 9.94. The lowest BCUT2D eigenvalue weighted by atomic mass is 9.85. The number of anilines is 1. The van der Waals surface area contributed by atoms with Crippen LogP contribution in [-0.2, 0) is 4.79 Å². The summed E-state index contributed by atoms with van der Waals surface area (Å²) in [5.41, 5.74) is 1.17. The molecule has 2 aromatic carbocycles. The van der Waals surface area contributed by atoms with E-state index < -0.39 is 5.54 Å². The van der Waals surface area contributed by atoms with Gasteiger partial charge in [-0.2, -0.15) is 0 Å². The molecule has 0 radical (unpaired) electrons. The van der Waals surface area contributed by atoms with Crippen molar-refractivity contribution in [3.63, 3.8) is 0 Å². The van der Waals surface area contributed by atoms with E-state index in [1.165, 1.54) is 12.1 Å². The molecule has 0 unspecified atom stereocenters. The third-order valence-electron chi connectivity index (χ3n) is 6.87. The van der Waals surface area contributed by atoms with Crippen molar-refractivity contribution in [3.05, 3.63) is 64.4 Å². The Labute approximate surface area is 203 Å². The zero-order valence-corrected chi connectivity index (χ0v) is 20.7. The van der Waals surface area contributed by atoms with Gasteiger partial charge < -0.3 is 14.7 Å². The molecule has 0 N–H and O–H groups in total. The van der Waals surface area contributed by atoms with E-state index in [0.717, 1.165) is 62.0 Å². The average molecular weight is 516 g/mol. The van der Waals surface area contributed by atoms with Gasteiger partial charge >= 0.3 is 0 Å². The minimum atomic E-state index is -0.483. The van der Waals surface area contributed by atoms with Crippen molar-refractivity contribution in [1.29, 1.82) is 0 Å². The zero-order valence-electron chi connectivity index (χ0n) is 19.1. The van der Waals surface area contributed by atoms with E-state index >= 15 is 0 Å². The van der Waals surface area contributed by atoms with Crippen molar-refractivity contribution in [1.82, 2.24) is 9.80 Å². The minimum absolute atomic E-state index is 0.0473. The number of piperidine rings is 1. The number of benzene rings is 2. The van der Waals surface area contributed by atoms with Crippen LogP contribution in [0.1, 0.15) is 49.4 Å². The summed E-state index contributed by atoms with van der Waals surface area (Å²) in [4.78, 5) is 32.5. The van der Waals surface area contributed by atoms with E-state index in [-0.39, 0.29) is 17.5 Å². The van der Waals surface area contributed by atoms with Gasteiger partial charge in [-0.25, -0.2) is 4.39 Å². The second-order valence-electron chi connectivity index (χ2n) is 9.02. The van der Waals surface area contributed by atoms with Crippen LogP contribution in [0.2, 0.25) is 0 Å². The summed E-state index contributed by atoms with van der Waals surface area (Å²) in [6, 6.07) is 14.0. The van der Waals surface area contributed by atoms with Crippen molar-refractivity contribution in [2.45, 2.75) is 44.6 Å². The Morgan fingerprint density at radius 1 is 1.03 bits per heavy atom. The molecule has 2 fully saturated rings. The van der Waals surface area contributed by atoms with Gasteiger partial charge in [0, 0.05) is 41.8 Å². The van der Waals surface area contributed by atoms with Crippen molar-refractivity contribution in [2.24, 2.45) is 0 Å². The number of halogens is 2. The Hall–Kier alpha value is -2.25. The second kappa shape index (κ2) is 10.3. The van der Waals surface area contributed by atoms with Crippen LogP contribution in [0.3, 0.4) is 0 Å². The summed E-state index contributed by atoms with van der Waals surface area (Å²) >= 11 is 3.51. The van der Waals surface area contributed by atoms with Crippen LogP contribution in [0, 0.1) is 5.82 Å². The van der Waals surface area contributed by atoms with E-state index in [9.17, 15) is 14.0 Å². The molecule has 0 aliphatic carbocycles. The minimum Gasteiger partial charge on any atom is -0.339 e. The summed E-state index contributed by atoms with van der Waals surface area (Å²) in [5.74, 6) is -0.0329. The number of carbonyl (C=O) groups excluding carboxylic acids is 2. The van der Waals surface area contributed by atoms with E-state index in [2.05, 4.69) is 44.8 Å². The van der Waals surface area contributed by atoms with Gasteiger partial charge in [-0.15, -0.1) is 0 Å². The highest BCUT2D eigenvalue weighted by Gasteiger charge is 2.53. The fraction of sp³-hybridized carbons (Fsp3) is 0.462. The Morgan fingerprint density at radius 2 is 1.70 bits per heavy atom. The highest BCUT2D eigenvalue weighted by atomic mass is 79.9. The molecule has 0 aromatic heterocycles. The number of hydrogen-bond donors (Lipinski definition) is 0. The van der Waals surface area contributed by atoms with Gasteiger partial charge in [0.1, 0.15) is 11.4 Å². The van der Waals surface area contributed by atoms with Gasteiger partial charge in [0.25, 0.3) is 0 Å². The molecule has 4 rings (SSSR count). The van der Waals surface area contributed by atoms with Crippen molar-refractivity contribution in [3.8, 4) is 0 Å². The maximum atomic E-state index is 13.5. The van der Waals surface area contributed by atoms with Crippen LogP contribution >= 0.6 is 15.9 Å². The van der Waals surface area contributed by atoms with Gasteiger partial charge in [-0.05, 0) is 80.8 Å². The van der Waals surface area contributed by atoms with Crippen LogP contribution < -0.4 is 4.90 Å². The van der Waals surface area contributed by atoms with Crippen LogP contribution in [0.5, 0.6) is 0 Å². The van der Waals surface area contributed by atoms with Crippen molar-refractivity contribution in [2.75, 3.05) is 37.7 Å². The van der Waals surface area contributed by atoms with Crippen LogP contribution in [0.25, 0.3) is 0 Å². The number of amides is 1. The summed E-state index contributed by atoms with van der Waals surface area (Å²) < 4.78 is 14.1. The molecule has 2 aliphatic heterocycles. The molecule has 33 heavy (non-hydrogen) atoms. The zero-order chi connectivity index (χ0) is 23.4. The van der Waals surface area contributed by atoms with E-state index in [1.807, 2.05) is 17.0 Å². The normalized spacial score (nSPS) is 18.3. The number of nitrogens with zero attached hydrogens (tertiary/aromatic N) is 3. The molecule has 0 bridgehead atoms. The van der Waals surface area contributed by atoms with E-state index in [0.29, 0.717) is 18.7 Å². The average Bonchev–Trinajstić information content (AvgIpc) is 3.08. The SMILES string of the molecule is CCCN1CN(c2ccc(Br)cc2)C2(CCN(CCCC(=O)c3ccc(F)cc3)CC2)C1=O. The quantitative estimate of drug-likeness (QED) is 0.458. The summed E-state index contributed by atoms with van der Waals surface area (Å²) in [7, 11) is 0. The molecular formula is C26H31BrFN3O2. The molecule has 2 heterocycles. The van der Waals surface area contributed by atoms with Gasteiger partial charge in [-0.3, -0.25) is 9.59 Å². The summed E-state index contributed by atoms with van der Waals surface area (Å²) in [5, 5.41) is 0. The first-order valence-corrected chi connectivity index (χ1v) is 12.6. The maximum absolute atomic E-state index is 13.5. The Balaban J connectivity index is 1.37. The number of likely N-dealkylation sites (tertiary alicyclic amines) is 1. The smallest absolute Gasteiger partial charge is 0.250 e. The third-order valence-corrected chi connectivity index (χ3v) is 7.40. The lowest BCUT2D eigenvalue weighted by Crippen LogP contribution is -2.56. The standard InChI is InChI=1S/C26H31BrFN3O2/c1-2-15-30-19-31(23-11-7-21(27)8-12-23)26(25(30)33)13-17-29(18-14-26)16-3-4-24(32)20-5-9-22(28)10-6-20/h5-12H,2-4,13-19H2,1H3. The fourth-order valence-electron chi connectivity index (χ4n) is 5.05. The molecule has 2 saturated heterocycles. The van der Waals surface area contributed by atoms with Crippen LogP contribution in [0.4, 0.5) is 10.1 Å². The molecule has 0 saturated carbocycles. The highest BCUT2D eigenvalue weighted by molar-refractivity contribution is 9.10. The Morgan fingerprint density at radius 3 is 2.33 bits per heavy atom. The largest absolute Gasteiger partial charge is 0.339 e. The summed E-state index contributed by atoms with van der Waals surface area (Å²) in [6.45, 7) is 6.03. The molecule has 5 nitrogen and oxygen atoms in total. The third kappa shape index (κ3) is 5.14. The molecule has 176 valence electrons. The topological polar surface area (TPSA) is 43.9 Å². The predicted octanol–water partition coefficient (Wildman–Crippen LogP) is 5.10. The van der Waals surface area contributed by atoms with Gasteiger partial charge in [0.2, 0.25) is 5.91 Å². The molecular weight excluding hydrogens is 485 g/mol. The van der Waals surface area contributed by atoms with Crippen LogP contribution in [0.15, 0.2) is 53.0 Å². The summed E-state index contributed by atoms with van der Waals surface area (Å²) in [6.07, 6.45) is 3.73. The number of rotatable bonds is 8. The highest BCUT2D eigenvalue weighted by Crippen LogP contribution is 2.40. The van der Waals surface area contributed by atoms with Gasteiger partial charge in [0.05, 0.1) is 6.67 Å². The fourth-order valence-corrected chi connectivity index (χ4v) is 5.31. The first-order chi connectivity index (χ1) is 15.9. The maximum Gasteiger partial charge on any atom is 0.250 e. The number of Topliss-reactive ketones (excluding diaryl/α,β-unsaturated/α-hetero) is 1. The molecule has 1 amide bonds. The Bertz CT molecular complexity index is 972. The monoisotopic (exact) mass is 515 g/mol. The molecule has 0 atom stereocenters. The van der Waals surface area contributed by atoms with E-state index in [1.54, 1.807) is 12.1 Å². The van der Waals surface area contributed by atoms with Crippen LogP contribution in [-0.4, -0.2) is 59.9 Å². The lowest BCUT2D eigenvalue weighted by Gasteiger charge is -2.43. The molecule has 1 spiro atoms. The first-order valence-electron chi connectivity index (χ1n) is 11.8. The van der Waals surface area contributed by atoms with E-state index in [4.69, 9.17) is 0 Å². The van der Waals surface area contributed by atoms with Crippen molar-refractivity contribution < 1.29 is 14.0 Å². The molecule has 2 aromatic rings.